The standard InChI is InChI=1S/C19H19N3O2/c20-13-16-6-8-17(9-7-16)14-22-18(23)10-11-21-19(24)12-15-4-2-1-3-5-15/h1-9H,10-12,14H2,(H,21,24)(H,22,23). The van der Waals surface area contributed by atoms with E-state index in [2.05, 4.69) is 10.6 Å². The first-order chi connectivity index (χ1) is 11.7. The van der Waals surface area contributed by atoms with Gasteiger partial charge in [-0.15, -0.1) is 0 Å². The third-order valence-corrected chi connectivity index (χ3v) is 3.45. The smallest absolute Gasteiger partial charge is 0.224 e. The Morgan fingerprint density at radius 3 is 2.25 bits per heavy atom. The molecule has 0 fully saturated rings. The lowest BCUT2D eigenvalue weighted by molar-refractivity contribution is -0.122. The maximum Gasteiger partial charge on any atom is 0.224 e. The molecule has 0 aliphatic rings. The number of benzene rings is 2. The van der Waals surface area contributed by atoms with E-state index in [9.17, 15) is 9.59 Å². The number of nitrogens with zero attached hydrogens (tertiary/aromatic N) is 1. The Morgan fingerprint density at radius 1 is 0.875 bits per heavy atom. The molecule has 0 saturated carbocycles. The SMILES string of the molecule is N#Cc1ccc(CNC(=O)CCNC(=O)Cc2ccccc2)cc1. The molecule has 0 aliphatic heterocycles. The summed E-state index contributed by atoms with van der Waals surface area (Å²) in [7, 11) is 0. The van der Waals surface area contributed by atoms with Gasteiger partial charge in [0, 0.05) is 19.5 Å². The predicted molar refractivity (Wildman–Crippen MR) is 90.8 cm³/mol. The third-order valence-electron chi connectivity index (χ3n) is 3.45. The number of amides is 2. The number of carbonyl (C=O) groups excluding carboxylic acids is 2. The minimum absolute atomic E-state index is 0.0962. The van der Waals surface area contributed by atoms with Gasteiger partial charge in [-0.05, 0) is 23.3 Å². The highest BCUT2D eigenvalue weighted by molar-refractivity contribution is 5.80. The number of rotatable bonds is 7. The van der Waals surface area contributed by atoms with E-state index in [0.717, 1.165) is 11.1 Å². The molecule has 24 heavy (non-hydrogen) atoms. The Morgan fingerprint density at radius 2 is 1.58 bits per heavy atom. The second-order valence-electron chi connectivity index (χ2n) is 5.35. The first-order valence-corrected chi connectivity index (χ1v) is 7.74. The Balaban J connectivity index is 1.64. The Bertz CT molecular complexity index is 719. The molecule has 0 aliphatic carbocycles. The molecule has 2 aromatic carbocycles. The summed E-state index contributed by atoms with van der Waals surface area (Å²) in [6, 6.07) is 18.6. The highest BCUT2D eigenvalue weighted by Gasteiger charge is 2.05. The molecule has 0 bridgehead atoms. The molecule has 0 radical (unpaired) electrons. The normalized spacial score (nSPS) is 9.79. The van der Waals surface area contributed by atoms with Gasteiger partial charge in [0.05, 0.1) is 18.1 Å². The quantitative estimate of drug-likeness (QED) is 0.817. The van der Waals surface area contributed by atoms with E-state index < -0.39 is 0 Å². The summed E-state index contributed by atoms with van der Waals surface area (Å²) in [5, 5.41) is 14.3. The number of nitrogens with one attached hydrogen (secondary N) is 2. The molecular formula is C19H19N3O2. The molecule has 2 N–H and O–H groups in total. The van der Waals surface area contributed by atoms with Crippen LogP contribution in [0.25, 0.3) is 0 Å². The third kappa shape index (κ3) is 5.93. The van der Waals surface area contributed by atoms with Gasteiger partial charge in [-0.2, -0.15) is 5.26 Å². The van der Waals surface area contributed by atoms with Crippen molar-refractivity contribution < 1.29 is 9.59 Å². The summed E-state index contributed by atoms with van der Waals surface area (Å²) in [6.07, 6.45) is 0.546. The van der Waals surface area contributed by atoms with Crippen LogP contribution in [0.5, 0.6) is 0 Å². The molecule has 5 nitrogen and oxygen atoms in total. The number of hydrogen-bond acceptors (Lipinski definition) is 3. The average Bonchev–Trinajstić information content (AvgIpc) is 2.61. The van der Waals surface area contributed by atoms with Gasteiger partial charge in [-0.1, -0.05) is 42.5 Å². The van der Waals surface area contributed by atoms with Crippen molar-refractivity contribution in [1.82, 2.24) is 10.6 Å². The van der Waals surface area contributed by atoms with Crippen molar-refractivity contribution in [3.8, 4) is 6.07 Å². The van der Waals surface area contributed by atoms with Crippen molar-refractivity contribution >= 4 is 11.8 Å². The first-order valence-electron chi connectivity index (χ1n) is 7.74. The van der Waals surface area contributed by atoms with Crippen molar-refractivity contribution in [2.45, 2.75) is 19.4 Å². The highest BCUT2D eigenvalue weighted by atomic mass is 16.2. The Labute approximate surface area is 141 Å². The van der Waals surface area contributed by atoms with E-state index in [0.29, 0.717) is 25.1 Å². The van der Waals surface area contributed by atoms with Crippen molar-refractivity contribution in [2.24, 2.45) is 0 Å². The van der Waals surface area contributed by atoms with Crippen molar-refractivity contribution in [2.75, 3.05) is 6.54 Å². The van der Waals surface area contributed by atoms with E-state index in [1.807, 2.05) is 36.4 Å². The Kier molecular flexibility index (Phi) is 6.54. The summed E-state index contributed by atoms with van der Waals surface area (Å²) >= 11 is 0. The number of hydrogen-bond donors (Lipinski definition) is 2. The molecule has 2 amide bonds. The molecule has 0 heterocycles. The molecule has 0 spiro atoms. The fourth-order valence-corrected chi connectivity index (χ4v) is 2.15. The van der Waals surface area contributed by atoms with Gasteiger partial charge in [0.25, 0.3) is 0 Å². The van der Waals surface area contributed by atoms with E-state index in [4.69, 9.17) is 5.26 Å². The molecule has 0 aromatic heterocycles. The first kappa shape index (κ1) is 17.2. The van der Waals surface area contributed by atoms with Gasteiger partial charge in [-0.3, -0.25) is 9.59 Å². The zero-order valence-electron chi connectivity index (χ0n) is 13.3. The van der Waals surface area contributed by atoms with Crippen LogP contribution in [-0.4, -0.2) is 18.4 Å². The molecule has 2 rings (SSSR count). The monoisotopic (exact) mass is 321 g/mol. The van der Waals surface area contributed by atoms with Crippen LogP contribution < -0.4 is 10.6 Å². The second-order valence-corrected chi connectivity index (χ2v) is 5.35. The summed E-state index contributed by atoms with van der Waals surface area (Å²) in [5.41, 5.74) is 2.46. The van der Waals surface area contributed by atoms with E-state index >= 15 is 0 Å². The molecule has 0 unspecified atom stereocenters. The van der Waals surface area contributed by atoms with Crippen LogP contribution in [0.4, 0.5) is 0 Å². The summed E-state index contributed by atoms with van der Waals surface area (Å²) in [5.74, 6) is -0.222. The van der Waals surface area contributed by atoms with Gasteiger partial charge in [0.2, 0.25) is 11.8 Å². The lowest BCUT2D eigenvalue weighted by atomic mass is 10.1. The van der Waals surface area contributed by atoms with Crippen molar-refractivity contribution in [3.63, 3.8) is 0 Å². The second kappa shape index (κ2) is 9.11. The van der Waals surface area contributed by atoms with Crippen LogP contribution in [0.2, 0.25) is 0 Å². The molecule has 0 saturated heterocycles. The topological polar surface area (TPSA) is 82.0 Å². The van der Waals surface area contributed by atoms with Crippen molar-refractivity contribution in [3.05, 3.63) is 71.3 Å². The van der Waals surface area contributed by atoms with Crippen molar-refractivity contribution in [1.29, 1.82) is 5.26 Å². The van der Waals surface area contributed by atoms with Crippen LogP contribution in [-0.2, 0) is 22.6 Å². The minimum atomic E-state index is -0.126. The molecule has 5 heteroatoms. The summed E-state index contributed by atoms with van der Waals surface area (Å²) in [4.78, 5) is 23.5. The maximum absolute atomic E-state index is 11.8. The average molecular weight is 321 g/mol. The van der Waals surface area contributed by atoms with E-state index in [-0.39, 0.29) is 18.2 Å². The van der Waals surface area contributed by atoms with Crippen LogP contribution in [0.1, 0.15) is 23.1 Å². The fourth-order valence-electron chi connectivity index (χ4n) is 2.15. The summed E-state index contributed by atoms with van der Waals surface area (Å²) in [6.45, 7) is 0.716. The van der Waals surface area contributed by atoms with Gasteiger partial charge in [0.15, 0.2) is 0 Å². The molecule has 0 atom stereocenters. The van der Waals surface area contributed by atoms with Gasteiger partial charge >= 0.3 is 0 Å². The molecule has 2 aromatic rings. The van der Waals surface area contributed by atoms with E-state index in [1.165, 1.54) is 0 Å². The molecular weight excluding hydrogens is 302 g/mol. The van der Waals surface area contributed by atoms with Crippen LogP contribution in [0.15, 0.2) is 54.6 Å². The van der Waals surface area contributed by atoms with Gasteiger partial charge in [0.1, 0.15) is 0 Å². The lowest BCUT2D eigenvalue weighted by Gasteiger charge is -2.07. The van der Waals surface area contributed by atoms with E-state index in [1.54, 1.807) is 24.3 Å². The lowest BCUT2D eigenvalue weighted by Crippen LogP contribution is -2.31. The Hall–Kier alpha value is -3.13. The van der Waals surface area contributed by atoms with Gasteiger partial charge in [-0.25, -0.2) is 0 Å². The van der Waals surface area contributed by atoms with Gasteiger partial charge < -0.3 is 10.6 Å². The van der Waals surface area contributed by atoms with Crippen LogP contribution in [0, 0.1) is 11.3 Å². The zero-order chi connectivity index (χ0) is 17.2. The number of nitriles is 1. The summed E-state index contributed by atoms with van der Waals surface area (Å²) < 4.78 is 0. The largest absolute Gasteiger partial charge is 0.355 e. The highest BCUT2D eigenvalue weighted by Crippen LogP contribution is 2.03. The van der Waals surface area contributed by atoms with Crippen LogP contribution in [0.3, 0.4) is 0 Å². The zero-order valence-corrected chi connectivity index (χ0v) is 13.3. The number of carbonyl (C=O) groups is 2. The van der Waals surface area contributed by atoms with Crippen LogP contribution >= 0.6 is 0 Å². The predicted octanol–water partition coefficient (Wildman–Crippen LogP) is 1.92. The maximum atomic E-state index is 11.8. The minimum Gasteiger partial charge on any atom is -0.355 e. The molecule has 122 valence electrons. The fraction of sp³-hybridized carbons (Fsp3) is 0.211.